The molecule has 0 unspecified atom stereocenters. The summed E-state index contributed by atoms with van der Waals surface area (Å²) in [6.45, 7) is 2.15. The summed E-state index contributed by atoms with van der Waals surface area (Å²) in [5.74, 6) is 0. The third-order valence-corrected chi connectivity index (χ3v) is 4.37. The van der Waals surface area contributed by atoms with Crippen molar-refractivity contribution >= 4 is 11.6 Å². The van der Waals surface area contributed by atoms with Gasteiger partial charge in [-0.05, 0) is 52.8 Å². The highest BCUT2D eigenvalue weighted by Crippen LogP contribution is 2.37. The molecule has 0 spiro atoms. The highest BCUT2D eigenvalue weighted by molar-refractivity contribution is 5.93. The molecule has 0 bridgehead atoms. The van der Waals surface area contributed by atoms with Gasteiger partial charge in [-0.15, -0.1) is 0 Å². The number of rotatable bonds is 2. The number of aryl methyl sites for hydroxylation is 1. The fourth-order valence-electron chi connectivity index (χ4n) is 3.27. The molecule has 0 radical (unpaired) electrons. The van der Waals surface area contributed by atoms with Gasteiger partial charge in [0.15, 0.2) is 0 Å². The molecule has 1 aliphatic carbocycles. The molecule has 0 fully saturated rings. The molecule has 0 aromatic heterocycles. The summed E-state index contributed by atoms with van der Waals surface area (Å²) in [6, 6.07) is 26.1. The average Bonchev–Trinajstić information content (AvgIpc) is 3.00. The van der Waals surface area contributed by atoms with E-state index in [9.17, 15) is 0 Å². The molecule has 0 N–H and O–H groups in total. The van der Waals surface area contributed by atoms with Crippen molar-refractivity contribution in [3.05, 3.63) is 95.1 Å². The van der Waals surface area contributed by atoms with Gasteiger partial charge in [-0.1, -0.05) is 78.4 Å². The van der Waals surface area contributed by atoms with Crippen molar-refractivity contribution in [2.45, 2.75) is 13.3 Å². The molecule has 3 aromatic carbocycles. The van der Waals surface area contributed by atoms with Gasteiger partial charge >= 0.3 is 0 Å². The smallest absolute Gasteiger partial charge is 0.00134 e. The average molecular weight is 282 g/mol. The zero-order chi connectivity index (χ0) is 14.9. The maximum atomic E-state index is 2.37. The van der Waals surface area contributed by atoms with Crippen molar-refractivity contribution in [3.63, 3.8) is 0 Å². The van der Waals surface area contributed by atoms with Crippen molar-refractivity contribution in [1.82, 2.24) is 0 Å². The predicted molar refractivity (Wildman–Crippen MR) is 94.6 cm³/mol. The Morgan fingerprint density at radius 3 is 2.32 bits per heavy atom. The van der Waals surface area contributed by atoms with E-state index in [0.29, 0.717) is 0 Å². The Morgan fingerprint density at radius 2 is 1.50 bits per heavy atom. The molecule has 0 aliphatic heterocycles. The minimum Gasteiger partial charge on any atom is -0.0622 e. The van der Waals surface area contributed by atoms with Crippen LogP contribution in [0.15, 0.2) is 72.8 Å². The fourth-order valence-corrected chi connectivity index (χ4v) is 3.27. The lowest BCUT2D eigenvalue weighted by Crippen LogP contribution is -1.88. The maximum Gasteiger partial charge on any atom is -0.00134 e. The van der Waals surface area contributed by atoms with Gasteiger partial charge < -0.3 is 0 Å². The topological polar surface area (TPSA) is 0 Å². The Labute approximate surface area is 131 Å². The molecule has 0 heterocycles. The summed E-state index contributed by atoms with van der Waals surface area (Å²) in [7, 11) is 0. The second kappa shape index (κ2) is 5.31. The highest BCUT2D eigenvalue weighted by atomic mass is 14.2. The van der Waals surface area contributed by atoms with Crippen LogP contribution in [0.25, 0.3) is 22.8 Å². The summed E-state index contributed by atoms with van der Waals surface area (Å²) < 4.78 is 0. The van der Waals surface area contributed by atoms with Gasteiger partial charge in [0, 0.05) is 0 Å². The maximum absolute atomic E-state index is 2.37. The number of hydrogen-bond donors (Lipinski definition) is 0. The van der Waals surface area contributed by atoms with Crippen LogP contribution in [0.5, 0.6) is 0 Å². The number of benzene rings is 3. The summed E-state index contributed by atoms with van der Waals surface area (Å²) in [5.41, 5.74) is 9.51. The molecule has 0 saturated heterocycles. The van der Waals surface area contributed by atoms with Crippen LogP contribution in [0.2, 0.25) is 0 Å². The minimum atomic E-state index is 1.03. The van der Waals surface area contributed by atoms with E-state index in [4.69, 9.17) is 0 Å². The minimum absolute atomic E-state index is 1.03. The van der Waals surface area contributed by atoms with Crippen LogP contribution in [0, 0.1) is 6.92 Å². The Hall–Kier alpha value is -2.60. The summed E-state index contributed by atoms with van der Waals surface area (Å²) in [5, 5.41) is 0. The van der Waals surface area contributed by atoms with E-state index in [1.165, 1.54) is 39.0 Å². The molecular weight excluding hydrogens is 264 g/mol. The molecule has 106 valence electrons. The Bertz CT molecular complexity index is 854. The fraction of sp³-hybridized carbons (Fsp3) is 0.0909. The van der Waals surface area contributed by atoms with Gasteiger partial charge in [-0.2, -0.15) is 0 Å². The summed E-state index contributed by atoms with van der Waals surface area (Å²) in [4.78, 5) is 0. The molecular formula is C22H18. The number of hydrogen-bond acceptors (Lipinski definition) is 0. The van der Waals surface area contributed by atoms with Crippen molar-refractivity contribution in [3.8, 4) is 11.1 Å². The van der Waals surface area contributed by atoms with Gasteiger partial charge in [0.1, 0.15) is 0 Å². The molecule has 22 heavy (non-hydrogen) atoms. The molecule has 0 nitrogen and oxygen atoms in total. The Balaban J connectivity index is 1.82. The molecule has 1 aliphatic rings. The normalized spacial score (nSPS) is 12.9. The molecule has 0 heteroatoms. The summed E-state index contributed by atoms with van der Waals surface area (Å²) >= 11 is 0. The molecule has 0 saturated carbocycles. The first kappa shape index (κ1) is 13.1. The van der Waals surface area contributed by atoms with Crippen LogP contribution < -0.4 is 0 Å². The standard InChI is InChI=1S/C22H18/c1-16-7-5-10-18(13-16)20-14-19-11-6-12-21(22(19)15-20)17-8-3-2-4-9-17/h2-13,15H,14H2,1H3. The van der Waals surface area contributed by atoms with Gasteiger partial charge in [-0.25, -0.2) is 0 Å². The second-order valence-corrected chi connectivity index (χ2v) is 5.96. The number of allylic oxidation sites excluding steroid dienone is 1. The molecule has 0 atom stereocenters. The lowest BCUT2D eigenvalue weighted by molar-refractivity contribution is 1.31. The Kier molecular flexibility index (Phi) is 3.16. The third kappa shape index (κ3) is 2.27. The van der Waals surface area contributed by atoms with Crippen LogP contribution in [0.3, 0.4) is 0 Å². The number of fused-ring (bicyclic) bond motifs is 1. The first-order valence-electron chi connectivity index (χ1n) is 7.76. The van der Waals surface area contributed by atoms with E-state index in [1.54, 1.807) is 0 Å². The lowest BCUT2D eigenvalue weighted by atomic mass is 9.97. The second-order valence-electron chi connectivity index (χ2n) is 5.96. The quantitative estimate of drug-likeness (QED) is 0.560. The zero-order valence-corrected chi connectivity index (χ0v) is 12.7. The van der Waals surface area contributed by atoms with Crippen molar-refractivity contribution < 1.29 is 0 Å². The Morgan fingerprint density at radius 1 is 0.727 bits per heavy atom. The first-order chi connectivity index (χ1) is 10.8. The van der Waals surface area contributed by atoms with Crippen LogP contribution in [0.1, 0.15) is 22.3 Å². The van der Waals surface area contributed by atoms with Crippen LogP contribution >= 0.6 is 0 Å². The van der Waals surface area contributed by atoms with Gasteiger partial charge in [0.25, 0.3) is 0 Å². The third-order valence-electron chi connectivity index (χ3n) is 4.37. The molecule has 4 rings (SSSR count). The van der Waals surface area contributed by atoms with E-state index >= 15 is 0 Å². The van der Waals surface area contributed by atoms with Gasteiger partial charge in [-0.3, -0.25) is 0 Å². The van der Waals surface area contributed by atoms with Crippen LogP contribution in [-0.2, 0) is 6.42 Å². The van der Waals surface area contributed by atoms with E-state index < -0.39 is 0 Å². The monoisotopic (exact) mass is 282 g/mol. The zero-order valence-electron chi connectivity index (χ0n) is 12.7. The van der Waals surface area contributed by atoms with E-state index in [0.717, 1.165) is 6.42 Å². The van der Waals surface area contributed by atoms with Crippen LogP contribution in [-0.4, -0.2) is 0 Å². The molecule has 0 amide bonds. The highest BCUT2D eigenvalue weighted by Gasteiger charge is 2.17. The largest absolute Gasteiger partial charge is 0.0622 e. The van der Waals surface area contributed by atoms with E-state index in [1.807, 2.05) is 0 Å². The van der Waals surface area contributed by atoms with Crippen molar-refractivity contribution in [2.24, 2.45) is 0 Å². The van der Waals surface area contributed by atoms with Gasteiger partial charge in [0.2, 0.25) is 0 Å². The van der Waals surface area contributed by atoms with Crippen LogP contribution in [0.4, 0.5) is 0 Å². The van der Waals surface area contributed by atoms with Gasteiger partial charge in [0.05, 0.1) is 0 Å². The van der Waals surface area contributed by atoms with E-state index in [2.05, 4.69) is 85.8 Å². The SMILES string of the molecule is Cc1cccc(C2=Cc3c(cccc3-c3ccccc3)C2)c1. The first-order valence-corrected chi connectivity index (χ1v) is 7.76. The van der Waals surface area contributed by atoms with Crippen molar-refractivity contribution in [1.29, 1.82) is 0 Å². The molecule has 3 aromatic rings. The predicted octanol–water partition coefficient (Wildman–Crippen LogP) is 5.76. The van der Waals surface area contributed by atoms with Crippen molar-refractivity contribution in [2.75, 3.05) is 0 Å². The summed E-state index contributed by atoms with van der Waals surface area (Å²) in [6.07, 6.45) is 3.39. The van der Waals surface area contributed by atoms with E-state index in [-0.39, 0.29) is 0 Å². The lowest BCUT2D eigenvalue weighted by Gasteiger charge is -2.07.